The van der Waals surface area contributed by atoms with Crippen LogP contribution in [0.5, 0.6) is 0 Å². The van der Waals surface area contributed by atoms with Crippen LogP contribution in [0.2, 0.25) is 51.4 Å². The van der Waals surface area contributed by atoms with E-state index < -0.39 is 16.1 Å². The molecule has 0 fully saturated rings. The van der Waals surface area contributed by atoms with Gasteiger partial charge in [0.05, 0.1) is 17.2 Å². The summed E-state index contributed by atoms with van der Waals surface area (Å²) in [6.45, 7) is 16.4. The molecule has 0 aliphatic carbocycles. The minimum absolute atomic E-state index is 0.0157. The molecule has 0 saturated heterocycles. The predicted octanol–water partition coefficient (Wildman–Crippen LogP) is 7.21. The maximum Gasteiger partial charge on any atom is 0.187 e. The molecule has 2 aromatic carbocycles. The van der Waals surface area contributed by atoms with Crippen LogP contribution in [0.25, 0.3) is 21.8 Å². The lowest BCUT2D eigenvalue weighted by molar-refractivity contribution is 0.0791. The summed E-state index contributed by atoms with van der Waals surface area (Å²) in [5, 5.41) is 10.9. The summed E-state index contributed by atoms with van der Waals surface area (Å²) in [6.07, 6.45) is 10.4. The first-order chi connectivity index (χ1) is 22.5. The molecule has 0 spiro atoms. The molecule has 2 heterocycles. The lowest BCUT2D eigenvalue weighted by Crippen LogP contribution is -2.22. The van der Waals surface area contributed by atoms with Crippen molar-refractivity contribution in [3.63, 3.8) is 0 Å². The Morgan fingerprint density at radius 1 is 0.750 bits per heavy atom. The number of benzene rings is 2. The zero-order chi connectivity index (χ0) is 35.5. The van der Waals surface area contributed by atoms with E-state index >= 15 is 0 Å². The molecule has 4 rings (SSSR count). The molecular weight excluding hydrogens is 637 g/mol. The molecule has 0 saturated carbocycles. The Bertz CT molecular complexity index is 1700. The van der Waals surface area contributed by atoms with Crippen molar-refractivity contribution in [3.8, 4) is 0 Å². The topological polar surface area (TPSA) is 94.7 Å². The van der Waals surface area contributed by atoms with Crippen LogP contribution in [0, 0.1) is 0 Å². The second-order valence-corrected chi connectivity index (χ2v) is 26.1. The standard InChI is InChI=1S/2C18H27N3O2Si/c1-20(2)9-8-18(22)15-6-7-16-13-21(19-17(16)12-15)14-23-10-11-24(3,4)5;1-20(2)9-8-18(22)15-6-7-16-13-19-21(17(16)12-15)14-23-10-11-24(3,4)5/h2*6-9,12-13H,10-11,14H2,1-5H3/b2*9-8+. The molecule has 0 unspecified atom stereocenters. The van der Waals surface area contributed by atoms with Gasteiger partial charge in [0.15, 0.2) is 11.6 Å². The van der Waals surface area contributed by atoms with Gasteiger partial charge in [-0.05, 0) is 24.2 Å². The Kier molecular flexibility index (Phi) is 14.1. The highest BCUT2D eigenvalue weighted by atomic mass is 28.3. The average Bonchev–Trinajstić information content (AvgIpc) is 3.61. The van der Waals surface area contributed by atoms with Gasteiger partial charge >= 0.3 is 0 Å². The normalized spacial score (nSPS) is 12.2. The molecule has 10 nitrogen and oxygen atoms in total. The average molecular weight is 691 g/mol. The molecule has 0 amide bonds. The number of carbonyl (C=O) groups excluding carboxylic acids is 2. The summed E-state index contributed by atoms with van der Waals surface area (Å²) < 4.78 is 15.1. The number of aromatic nitrogens is 4. The fourth-order valence-corrected chi connectivity index (χ4v) is 5.82. The minimum Gasteiger partial charge on any atom is -0.383 e. The number of ketones is 2. The van der Waals surface area contributed by atoms with E-state index in [0.717, 1.165) is 47.1 Å². The second-order valence-electron chi connectivity index (χ2n) is 14.8. The van der Waals surface area contributed by atoms with Crippen LogP contribution < -0.4 is 0 Å². The van der Waals surface area contributed by atoms with Gasteiger partial charge in [0.25, 0.3) is 0 Å². The number of hydrogen-bond donors (Lipinski definition) is 0. The van der Waals surface area contributed by atoms with Crippen LogP contribution in [0.15, 0.2) is 73.3 Å². The van der Waals surface area contributed by atoms with Crippen LogP contribution in [0.1, 0.15) is 20.7 Å². The van der Waals surface area contributed by atoms with Crippen molar-refractivity contribution in [2.75, 3.05) is 41.4 Å². The molecule has 0 aliphatic heterocycles. The van der Waals surface area contributed by atoms with E-state index in [1.807, 2.05) is 85.3 Å². The number of allylic oxidation sites excluding steroid dienone is 2. The van der Waals surface area contributed by atoms with Crippen LogP contribution >= 0.6 is 0 Å². The van der Waals surface area contributed by atoms with E-state index in [0.29, 0.717) is 24.6 Å². The smallest absolute Gasteiger partial charge is 0.187 e. The van der Waals surface area contributed by atoms with Crippen molar-refractivity contribution < 1.29 is 19.1 Å². The van der Waals surface area contributed by atoms with Gasteiger partial charge in [-0.15, -0.1) is 0 Å². The van der Waals surface area contributed by atoms with Crippen LogP contribution in [0.3, 0.4) is 0 Å². The van der Waals surface area contributed by atoms with Gasteiger partial charge in [0.2, 0.25) is 0 Å². The summed E-state index contributed by atoms with van der Waals surface area (Å²) in [5.41, 5.74) is 3.04. The maximum absolute atomic E-state index is 12.2. The molecule has 260 valence electrons. The fourth-order valence-electron chi connectivity index (χ4n) is 4.31. The van der Waals surface area contributed by atoms with Gasteiger partial charge in [-0.2, -0.15) is 10.2 Å². The van der Waals surface area contributed by atoms with E-state index in [1.54, 1.807) is 35.4 Å². The van der Waals surface area contributed by atoms with Crippen molar-refractivity contribution >= 4 is 49.5 Å². The maximum atomic E-state index is 12.2. The molecule has 2 aromatic heterocycles. The van der Waals surface area contributed by atoms with E-state index in [1.165, 1.54) is 0 Å². The number of rotatable bonds is 16. The van der Waals surface area contributed by atoms with Gasteiger partial charge < -0.3 is 19.3 Å². The summed E-state index contributed by atoms with van der Waals surface area (Å²) >= 11 is 0. The molecule has 0 atom stereocenters. The largest absolute Gasteiger partial charge is 0.383 e. The van der Waals surface area contributed by atoms with Crippen molar-refractivity contribution in [3.05, 3.63) is 84.5 Å². The van der Waals surface area contributed by atoms with Crippen LogP contribution in [0.4, 0.5) is 0 Å². The molecule has 0 bridgehead atoms. The van der Waals surface area contributed by atoms with Gasteiger partial charge in [-0.3, -0.25) is 9.59 Å². The van der Waals surface area contributed by atoms with E-state index in [4.69, 9.17) is 9.47 Å². The fraction of sp³-hybridized carbons (Fsp3) is 0.444. The van der Waals surface area contributed by atoms with Crippen molar-refractivity contribution in [1.29, 1.82) is 0 Å². The first-order valence-electron chi connectivity index (χ1n) is 16.4. The van der Waals surface area contributed by atoms with Gasteiger partial charge in [-0.1, -0.05) is 63.5 Å². The first-order valence-corrected chi connectivity index (χ1v) is 23.8. The predicted molar refractivity (Wildman–Crippen MR) is 202 cm³/mol. The number of fused-ring (bicyclic) bond motifs is 2. The van der Waals surface area contributed by atoms with Gasteiger partial charge in [-0.25, -0.2) is 9.36 Å². The zero-order valence-electron chi connectivity index (χ0n) is 30.5. The van der Waals surface area contributed by atoms with Crippen molar-refractivity contribution in [1.82, 2.24) is 29.4 Å². The molecule has 0 N–H and O–H groups in total. The summed E-state index contributed by atoms with van der Waals surface area (Å²) in [6, 6.07) is 13.5. The molecule has 4 aromatic rings. The Hall–Kier alpha value is -3.85. The van der Waals surface area contributed by atoms with Crippen LogP contribution in [-0.2, 0) is 22.9 Å². The van der Waals surface area contributed by atoms with Gasteiger partial charge in [0, 0.05) is 110 Å². The molecule has 12 heteroatoms. The Morgan fingerprint density at radius 3 is 1.81 bits per heavy atom. The van der Waals surface area contributed by atoms with E-state index in [2.05, 4.69) is 49.5 Å². The molecular formula is C36H54N6O4Si2. The highest BCUT2D eigenvalue weighted by Crippen LogP contribution is 2.18. The Balaban J connectivity index is 0.000000260. The quantitative estimate of drug-likeness (QED) is 0.0527. The zero-order valence-corrected chi connectivity index (χ0v) is 32.5. The van der Waals surface area contributed by atoms with Gasteiger partial charge in [0.1, 0.15) is 13.5 Å². The number of nitrogens with zero attached hydrogens (tertiary/aromatic N) is 6. The lowest BCUT2D eigenvalue weighted by Gasteiger charge is -2.15. The monoisotopic (exact) mass is 690 g/mol. The van der Waals surface area contributed by atoms with E-state index in [-0.39, 0.29) is 11.6 Å². The first kappa shape index (κ1) is 38.6. The molecule has 48 heavy (non-hydrogen) atoms. The summed E-state index contributed by atoms with van der Waals surface area (Å²) in [4.78, 5) is 28.0. The third-order valence-corrected chi connectivity index (χ3v) is 10.7. The minimum atomic E-state index is -1.09. The molecule has 0 radical (unpaired) electrons. The highest BCUT2D eigenvalue weighted by molar-refractivity contribution is 6.76. The second kappa shape index (κ2) is 17.5. The summed E-state index contributed by atoms with van der Waals surface area (Å²) in [5.74, 6) is -0.0375. The lowest BCUT2D eigenvalue weighted by atomic mass is 10.1. The van der Waals surface area contributed by atoms with Crippen LogP contribution in [-0.4, -0.2) is 98.5 Å². The van der Waals surface area contributed by atoms with Crippen molar-refractivity contribution in [2.24, 2.45) is 0 Å². The highest BCUT2D eigenvalue weighted by Gasteiger charge is 2.14. The number of hydrogen-bond acceptors (Lipinski definition) is 8. The third kappa shape index (κ3) is 13.3. The Labute approximate surface area is 288 Å². The third-order valence-electron chi connectivity index (χ3n) is 7.25. The molecule has 0 aliphatic rings. The summed E-state index contributed by atoms with van der Waals surface area (Å²) in [7, 11) is 5.40. The van der Waals surface area contributed by atoms with E-state index in [9.17, 15) is 9.59 Å². The Morgan fingerprint density at radius 2 is 1.27 bits per heavy atom. The SMILES string of the molecule is CN(C)/C=C/C(=O)c1ccc2cn(COCC[Si](C)(C)C)nc2c1.CN(C)/C=C/C(=O)c1ccc2cnn(COCC[Si](C)(C)C)c2c1. The van der Waals surface area contributed by atoms with Crippen molar-refractivity contribution in [2.45, 2.75) is 64.8 Å². The number of ether oxygens (including phenoxy) is 2. The number of carbonyl (C=O) groups is 2.